The molecule has 0 radical (unpaired) electrons. The summed E-state index contributed by atoms with van der Waals surface area (Å²) in [5.74, 6) is 2.93. The van der Waals surface area contributed by atoms with Crippen LogP contribution in [-0.4, -0.2) is 5.11 Å². The summed E-state index contributed by atoms with van der Waals surface area (Å²) in [4.78, 5) is 0. The molecule has 1 N–H and O–H groups in total. The molecule has 43 heavy (non-hydrogen) atoms. The molecule has 0 bridgehead atoms. The number of hydrogen-bond donors (Lipinski definition) is 1. The van der Waals surface area contributed by atoms with Crippen molar-refractivity contribution in [2.45, 2.75) is 44.6 Å². The van der Waals surface area contributed by atoms with Gasteiger partial charge in [0.15, 0.2) is 0 Å². The second-order valence-corrected chi connectivity index (χ2v) is 6.62. The molecule has 0 aromatic heterocycles. The molecule has 0 atom stereocenters. The zero-order valence-corrected chi connectivity index (χ0v) is 19.3. The number of ether oxygens (including phenoxy) is 4. The third-order valence-corrected chi connectivity index (χ3v) is 4.10. The average molecular weight is 595 g/mol. The summed E-state index contributed by atoms with van der Waals surface area (Å²) in [5.41, 5.74) is 0. The predicted octanol–water partition coefficient (Wildman–Crippen LogP) is 10.9. The minimum atomic E-state index is -0.318. The van der Waals surface area contributed by atoms with Crippen LogP contribution >= 0.6 is 0 Å². The van der Waals surface area contributed by atoms with Crippen molar-refractivity contribution in [2.75, 3.05) is 0 Å². The molecule has 4 aromatic rings. The van der Waals surface area contributed by atoms with E-state index >= 15 is 0 Å². The van der Waals surface area contributed by atoms with Crippen molar-refractivity contribution in [2.24, 2.45) is 0 Å². The highest BCUT2D eigenvalue weighted by Gasteiger charge is 2.00. The van der Waals surface area contributed by atoms with Crippen molar-refractivity contribution in [3.05, 3.63) is 109 Å². The number of rotatable bonds is 6. The fourth-order valence-electron chi connectivity index (χ4n) is 2.56. The minimum absolute atomic E-state index is 0. The predicted molar refractivity (Wildman–Crippen MR) is 176 cm³/mol. The molecule has 0 aliphatic rings. The van der Waals surface area contributed by atoms with Gasteiger partial charge in [0.05, 0.1) is 0 Å². The molecule has 0 aliphatic heterocycles. The van der Waals surface area contributed by atoms with Gasteiger partial charge in [0.25, 0.3) is 0 Å². The van der Waals surface area contributed by atoms with Gasteiger partial charge < -0.3 is 24.1 Å². The smallest absolute Gasteiger partial charge is 0.140 e. The highest BCUT2D eigenvalue weighted by Crippen LogP contribution is 2.25. The lowest BCUT2D eigenvalue weighted by Crippen LogP contribution is -1.86. The SMILES string of the molecule is C.C.C.C.C.C.C#CO.C#COc1ccc(Oc2ccc(OC#C)cc2)cc1.Fc1ccc(Oc2ccc(F)cc2)cc1. The largest absolute Gasteiger partial charge is 0.462 e. The van der Waals surface area contributed by atoms with Crippen molar-refractivity contribution in [3.63, 3.8) is 0 Å². The van der Waals surface area contributed by atoms with Crippen LogP contribution in [0.2, 0.25) is 0 Å². The van der Waals surface area contributed by atoms with E-state index in [2.05, 4.69) is 18.6 Å². The first kappa shape index (κ1) is 47.2. The van der Waals surface area contributed by atoms with Crippen molar-refractivity contribution in [1.82, 2.24) is 0 Å². The van der Waals surface area contributed by atoms with E-state index in [0.717, 1.165) is 0 Å². The number of terminal acetylenes is 3. The van der Waals surface area contributed by atoms with Crippen molar-refractivity contribution in [1.29, 1.82) is 0 Å². The number of hydrogen-bond acceptors (Lipinski definition) is 5. The van der Waals surface area contributed by atoms with Gasteiger partial charge in [0.2, 0.25) is 0 Å². The van der Waals surface area contributed by atoms with Gasteiger partial charge in [-0.15, -0.1) is 0 Å². The Kier molecular flexibility index (Phi) is 29.2. The van der Waals surface area contributed by atoms with Gasteiger partial charge in [-0.1, -0.05) is 63.8 Å². The molecule has 0 amide bonds. The van der Waals surface area contributed by atoms with Gasteiger partial charge in [-0.3, -0.25) is 0 Å². The van der Waals surface area contributed by atoms with E-state index in [4.69, 9.17) is 36.9 Å². The van der Waals surface area contributed by atoms with E-state index in [9.17, 15) is 8.78 Å². The van der Waals surface area contributed by atoms with Crippen LogP contribution in [0.3, 0.4) is 0 Å². The Morgan fingerprint density at radius 2 is 0.605 bits per heavy atom. The third-order valence-electron chi connectivity index (χ3n) is 4.10. The quantitative estimate of drug-likeness (QED) is 0.225. The van der Waals surface area contributed by atoms with Crippen LogP contribution in [0.25, 0.3) is 0 Å². The second-order valence-electron chi connectivity index (χ2n) is 6.62. The summed E-state index contributed by atoms with van der Waals surface area (Å²) in [6.45, 7) is 0. The maximum absolute atomic E-state index is 12.6. The van der Waals surface area contributed by atoms with Crippen molar-refractivity contribution < 1.29 is 32.8 Å². The molecule has 0 saturated carbocycles. The third kappa shape index (κ3) is 18.4. The molecule has 232 valence electrons. The van der Waals surface area contributed by atoms with Crippen LogP contribution in [0.5, 0.6) is 34.5 Å². The molecule has 0 saturated heterocycles. The maximum atomic E-state index is 12.6. The fourth-order valence-corrected chi connectivity index (χ4v) is 2.56. The standard InChI is InChI=1S/C16H10O3.C12H8F2O.C2H2O.6CH4/c1-3-17-13-5-9-15(10-6-13)19-16-11-7-14(8-12-16)18-4-2;13-9-1-5-11(6-2-9)15-12-7-3-10(14)4-8-12;1-2-3;;;;;;/h1-2,5-12H;1-8H;1,3H;6*1H4. The Morgan fingerprint density at radius 1 is 0.419 bits per heavy atom. The number of aliphatic hydroxyl groups excluding tert-OH is 1. The van der Waals surface area contributed by atoms with Gasteiger partial charge >= 0.3 is 0 Å². The van der Waals surface area contributed by atoms with E-state index in [1.807, 2.05) is 0 Å². The normalized spacial score (nSPS) is 7.60. The molecular weight excluding hydrogens is 550 g/mol. The molecule has 0 spiro atoms. The Hall–Kier alpha value is -5.58. The van der Waals surface area contributed by atoms with Crippen LogP contribution in [0.15, 0.2) is 97.1 Å². The lowest BCUT2D eigenvalue weighted by molar-refractivity contribution is 0.475. The highest BCUT2D eigenvalue weighted by atomic mass is 19.1. The summed E-state index contributed by atoms with van der Waals surface area (Å²) in [5, 5.41) is 7.10. The van der Waals surface area contributed by atoms with Crippen molar-refractivity contribution in [3.8, 4) is 72.1 Å². The fraction of sp³-hybridized carbons (Fsp3) is 0.167. The van der Waals surface area contributed by atoms with Gasteiger partial charge in [-0.05, 0) is 97.1 Å². The van der Waals surface area contributed by atoms with Gasteiger partial charge in [-0.25, -0.2) is 8.78 Å². The molecular formula is C36H44F2O5. The Bertz CT molecular complexity index is 1250. The Morgan fingerprint density at radius 3 is 0.814 bits per heavy atom. The number of benzene rings is 4. The molecule has 4 aromatic carbocycles. The molecule has 0 aliphatic carbocycles. The Labute approximate surface area is 258 Å². The summed E-state index contributed by atoms with van der Waals surface area (Å²) in [6.07, 6.45) is 19.7. The van der Waals surface area contributed by atoms with Crippen LogP contribution in [0.4, 0.5) is 8.78 Å². The number of aliphatic hydroxyl groups is 1. The molecule has 0 fully saturated rings. The number of halogens is 2. The lowest BCUT2D eigenvalue weighted by Gasteiger charge is -2.06. The van der Waals surface area contributed by atoms with Crippen LogP contribution < -0.4 is 18.9 Å². The van der Waals surface area contributed by atoms with Gasteiger partial charge in [-0.2, -0.15) is 0 Å². The summed E-state index contributed by atoms with van der Waals surface area (Å²) in [6, 6.07) is 25.2. The van der Waals surface area contributed by atoms with E-state index in [0.29, 0.717) is 34.5 Å². The zero-order chi connectivity index (χ0) is 26.9. The first-order chi connectivity index (χ1) is 18.0. The van der Waals surface area contributed by atoms with Crippen molar-refractivity contribution >= 4 is 0 Å². The Balaban J connectivity index is -0.000000184. The topological polar surface area (TPSA) is 57.2 Å². The van der Waals surface area contributed by atoms with E-state index in [1.54, 1.807) is 48.5 Å². The first-order valence-corrected chi connectivity index (χ1v) is 10.4. The molecule has 7 heteroatoms. The maximum Gasteiger partial charge on any atom is 0.140 e. The first-order valence-electron chi connectivity index (χ1n) is 10.4. The second kappa shape index (κ2) is 26.6. The summed E-state index contributed by atoms with van der Waals surface area (Å²) < 4.78 is 45.9. The lowest BCUT2D eigenvalue weighted by atomic mass is 10.3. The molecule has 5 nitrogen and oxygen atoms in total. The summed E-state index contributed by atoms with van der Waals surface area (Å²) in [7, 11) is 0. The van der Waals surface area contributed by atoms with Crippen LogP contribution in [0.1, 0.15) is 44.6 Å². The van der Waals surface area contributed by atoms with Crippen LogP contribution in [-0.2, 0) is 0 Å². The van der Waals surface area contributed by atoms with E-state index in [1.165, 1.54) is 54.6 Å². The van der Waals surface area contributed by atoms with E-state index < -0.39 is 0 Å². The van der Waals surface area contributed by atoms with E-state index in [-0.39, 0.29) is 56.2 Å². The minimum Gasteiger partial charge on any atom is -0.462 e. The van der Waals surface area contributed by atoms with Gasteiger partial charge in [0, 0.05) is 0 Å². The average Bonchev–Trinajstić information content (AvgIpc) is 2.90. The molecule has 0 unspecified atom stereocenters. The zero-order valence-electron chi connectivity index (χ0n) is 19.3. The van der Waals surface area contributed by atoms with Crippen LogP contribution in [0, 0.1) is 49.2 Å². The molecule has 0 heterocycles. The monoisotopic (exact) mass is 594 g/mol. The molecule has 4 rings (SSSR count). The summed E-state index contributed by atoms with van der Waals surface area (Å²) >= 11 is 0. The highest BCUT2D eigenvalue weighted by molar-refractivity contribution is 5.38. The van der Waals surface area contributed by atoms with Gasteiger partial charge in [0.1, 0.15) is 64.5 Å².